The molecule has 0 aliphatic carbocycles. The Bertz CT molecular complexity index is 1410. The molecule has 4 rings (SSSR count). The second-order valence-electron chi connectivity index (χ2n) is 11.1. The molecule has 0 radical (unpaired) electrons. The average Bonchev–Trinajstić information content (AvgIpc) is 3.12. The fourth-order valence-electron chi connectivity index (χ4n) is 5.34. The van der Waals surface area contributed by atoms with Crippen molar-refractivity contribution in [2.45, 2.75) is 50.7 Å². The molecule has 10 heteroatoms. The minimum atomic E-state index is -1.58. The molecule has 1 saturated heterocycles. The Morgan fingerprint density at radius 2 is 1.72 bits per heavy atom. The number of anilines is 1. The topological polar surface area (TPSA) is 110 Å². The van der Waals surface area contributed by atoms with E-state index in [1.165, 1.54) is 48.5 Å². The number of primary amides is 1. The molecule has 1 fully saturated rings. The third-order valence-electron chi connectivity index (χ3n) is 7.06. The third kappa shape index (κ3) is 5.79. The van der Waals surface area contributed by atoms with E-state index in [0.29, 0.717) is 12.1 Å². The van der Waals surface area contributed by atoms with Gasteiger partial charge in [0.25, 0.3) is 0 Å². The molecule has 0 bridgehead atoms. The lowest BCUT2D eigenvalue weighted by Gasteiger charge is -2.40. The van der Waals surface area contributed by atoms with Crippen LogP contribution in [-0.4, -0.2) is 23.9 Å². The zero-order valence-electron chi connectivity index (χ0n) is 21.7. The molecular weight excluding hydrogens is 545 g/mol. The molecule has 206 valence electrons. The number of carbonyl (C=O) groups excluding carboxylic acids is 2. The highest BCUT2D eigenvalue weighted by Gasteiger charge is 2.58. The maximum absolute atomic E-state index is 15.6. The van der Waals surface area contributed by atoms with Crippen molar-refractivity contribution in [3.05, 3.63) is 99.0 Å². The van der Waals surface area contributed by atoms with Gasteiger partial charge in [-0.15, -0.1) is 0 Å². The normalized spacial score (nSPS) is 23.0. The Balaban J connectivity index is 1.87. The molecule has 6 N–H and O–H groups in total. The van der Waals surface area contributed by atoms with Crippen molar-refractivity contribution in [1.82, 2.24) is 5.32 Å². The van der Waals surface area contributed by atoms with Crippen LogP contribution in [0.5, 0.6) is 0 Å². The largest absolute Gasteiger partial charge is 0.366 e. The summed E-state index contributed by atoms with van der Waals surface area (Å²) in [5, 5.41) is 6.14. The van der Waals surface area contributed by atoms with Gasteiger partial charge in [-0.25, -0.2) is 8.78 Å². The Labute approximate surface area is 236 Å². The van der Waals surface area contributed by atoms with Gasteiger partial charge in [0.2, 0.25) is 11.8 Å². The molecule has 1 aliphatic rings. The van der Waals surface area contributed by atoms with E-state index in [9.17, 15) is 9.59 Å². The zero-order chi connectivity index (χ0) is 28.7. The molecule has 4 atom stereocenters. The van der Waals surface area contributed by atoms with E-state index in [1.807, 2.05) is 20.8 Å². The smallest absolute Gasteiger partial charge is 0.248 e. The van der Waals surface area contributed by atoms with E-state index in [4.69, 9.17) is 34.7 Å². The van der Waals surface area contributed by atoms with Crippen LogP contribution in [0.25, 0.3) is 0 Å². The number of rotatable bonds is 6. The van der Waals surface area contributed by atoms with Crippen molar-refractivity contribution in [3.8, 4) is 0 Å². The second kappa shape index (κ2) is 10.8. The summed E-state index contributed by atoms with van der Waals surface area (Å²) in [5.74, 6) is -3.60. The molecule has 1 aliphatic heterocycles. The number of hydrogen-bond acceptors (Lipinski definition) is 4. The van der Waals surface area contributed by atoms with E-state index >= 15 is 8.78 Å². The lowest BCUT2D eigenvalue weighted by Crippen LogP contribution is -2.52. The van der Waals surface area contributed by atoms with Gasteiger partial charge < -0.3 is 22.1 Å². The van der Waals surface area contributed by atoms with E-state index in [1.54, 1.807) is 6.07 Å². The van der Waals surface area contributed by atoms with E-state index < -0.39 is 47.0 Å². The Hall–Kier alpha value is -3.04. The number of amides is 2. The SMILES string of the molecule is CC(C)(C)C[C@@H]1N[C@@H](C(=O)Nc2ccc(C(N)=O)cc2)[C@H](c2cccc(Cl)c2F)[C@@]1(N)c1ccc(Cl)cc1F. The number of halogens is 4. The maximum Gasteiger partial charge on any atom is 0.248 e. The molecule has 3 aromatic carbocycles. The number of carbonyl (C=O) groups is 2. The molecule has 0 saturated carbocycles. The van der Waals surface area contributed by atoms with Crippen molar-refractivity contribution in [3.63, 3.8) is 0 Å². The van der Waals surface area contributed by atoms with Crippen molar-refractivity contribution in [2.24, 2.45) is 16.9 Å². The van der Waals surface area contributed by atoms with Crippen LogP contribution in [0.2, 0.25) is 10.0 Å². The number of benzene rings is 3. The van der Waals surface area contributed by atoms with Crippen molar-refractivity contribution >= 4 is 40.7 Å². The first-order chi connectivity index (χ1) is 18.2. The summed E-state index contributed by atoms with van der Waals surface area (Å²) in [6, 6.07) is 12.9. The first kappa shape index (κ1) is 29.0. The predicted molar refractivity (Wildman–Crippen MR) is 150 cm³/mol. The van der Waals surface area contributed by atoms with Crippen LogP contribution < -0.4 is 22.1 Å². The molecule has 0 spiro atoms. The van der Waals surface area contributed by atoms with Gasteiger partial charge in [-0.1, -0.05) is 62.2 Å². The minimum Gasteiger partial charge on any atom is -0.366 e. The fourth-order valence-corrected chi connectivity index (χ4v) is 5.68. The van der Waals surface area contributed by atoms with Gasteiger partial charge in [0.15, 0.2) is 0 Å². The summed E-state index contributed by atoms with van der Waals surface area (Å²) in [5.41, 5.74) is 11.4. The molecule has 3 aromatic rings. The van der Waals surface area contributed by atoms with E-state index in [2.05, 4.69) is 10.6 Å². The van der Waals surface area contributed by atoms with Crippen LogP contribution in [0.3, 0.4) is 0 Å². The average molecular weight is 575 g/mol. The van der Waals surface area contributed by atoms with Crippen LogP contribution in [0, 0.1) is 17.0 Å². The first-order valence-electron chi connectivity index (χ1n) is 12.4. The molecule has 1 heterocycles. The Kier molecular flexibility index (Phi) is 8.06. The van der Waals surface area contributed by atoms with Crippen LogP contribution in [0.1, 0.15) is 54.6 Å². The van der Waals surface area contributed by atoms with Gasteiger partial charge in [-0.2, -0.15) is 0 Å². The monoisotopic (exact) mass is 574 g/mol. The molecular formula is C29H30Cl2F2N4O2. The summed E-state index contributed by atoms with van der Waals surface area (Å²) in [7, 11) is 0. The fraction of sp³-hybridized carbons (Fsp3) is 0.310. The van der Waals surface area contributed by atoms with Crippen LogP contribution in [0.15, 0.2) is 60.7 Å². The van der Waals surface area contributed by atoms with Crippen molar-refractivity contribution in [2.75, 3.05) is 5.32 Å². The summed E-state index contributed by atoms with van der Waals surface area (Å²) in [6.45, 7) is 5.99. The second-order valence-corrected chi connectivity index (χ2v) is 11.9. The number of nitrogens with two attached hydrogens (primary N) is 2. The molecule has 39 heavy (non-hydrogen) atoms. The lowest BCUT2D eigenvalue weighted by molar-refractivity contribution is -0.118. The number of nitrogens with one attached hydrogen (secondary N) is 2. The minimum absolute atomic E-state index is 0.0764. The van der Waals surface area contributed by atoms with E-state index in [-0.39, 0.29) is 32.2 Å². The van der Waals surface area contributed by atoms with Crippen LogP contribution >= 0.6 is 23.2 Å². The van der Waals surface area contributed by atoms with Crippen molar-refractivity contribution < 1.29 is 18.4 Å². The maximum atomic E-state index is 15.6. The van der Waals surface area contributed by atoms with Gasteiger partial charge in [-0.05, 0) is 59.9 Å². The van der Waals surface area contributed by atoms with Gasteiger partial charge in [0, 0.05) is 33.8 Å². The van der Waals surface area contributed by atoms with Crippen LogP contribution in [-0.2, 0) is 10.3 Å². The van der Waals surface area contributed by atoms with Gasteiger partial charge in [-0.3, -0.25) is 9.59 Å². The molecule has 2 amide bonds. The Morgan fingerprint density at radius 1 is 1.05 bits per heavy atom. The van der Waals surface area contributed by atoms with Crippen molar-refractivity contribution in [1.29, 1.82) is 0 Å². The zero-order valence-corrected chi connectivity index (χ0v) is 23.2. The molecule has 6 nitrogen and oxygen atoms in total. The van der Waals surface area contributed by atoms with E-state index in [0.717, 1.165) is 6.07 Å². The quantitative estimate of drug-likeness (QED) is 0.301. The highest BCUT2D eigenvalue weighted by Crippen LogP contribution is 2.50. The van der Waals surface area contributed by atoms with Gasteiger partial charge in [0.1, 0.15) is 11.6 Å². The molecule has 0 aromatic heterocycles. The predicted octanol–water partition coefficient (Wildman–Crippen LogP) is 5.72. The first-order valence-corrected chi connectivity index (χ1v) is 13.1. The summed E-state index contributed by atoms with van der Waals surface area (Å²) >= 11 is 12.2. The third-order valence-corrected chi connectivity index (χ3v) is 7.58. The lowest BCUT2D eigenvalue weighted by atomic mass is 9.68. The summed E-state index contributed by atoms with van der Waals surface area (Å²) in [4.78, 5) is 25.2. The highest BCUT2D eigenvalue weighted by molar-refractivity contribution is 6.31. The number of hydrogen-bond donors (Lipinski definition) is 4. The van der Waals surface area contributed by atoms with Gasteiger partial charge >= 0.3 is 0 Å². The molecule has 0 unspecified atom stereocenters. The standard InChI is InChI=1S/C29H30Cl2F2N4O2/c1-28(2,3)14-22-29(35,19-12-9-16(30)13-21(19)32)23(18-5-4-6-20(31)24(18)33)25(37-22)27(39)36-17-10-7-15(8-11-17)26(34)38/h4-13,22-23,25,37H,14,35H2,1-3H3,(H2,34,38)(H,36,39)/t22-,23-,25+,29+/m0/s1. The highest BCUT2D eigenvalue weighted by atomic mass is 35.5. The van der Waals surface area contributed by atoms with Gasteiger partial charge in [0.05, 0.1) is 16.6 Å². The van der Waals surface area contributed by atoms with Crippen LogP contribution in [0.4, 0.5) is 14.5 Å². The summed E-state index contributed by atoms with van der Waals surface area (Å²) < 4.78 is 31.2. The summed E-state index contributed by atoms with van der Waals surface area (Å²) in [6.07, 6.45) is 0.432. The Morgan fingerprint density at radius 3 is 2.31 bits per heavy atom.